The van der Waals surface area contributed by atoms with E-state index in [1.807, 2.05) is 4.90 Å². The molecule has 0 aromatic carbocycles. The van der Waals surface area contributed by atoms with Gasteiger partial charge in [0, 0.05) is 51.5 Å². The molecule has 1 aliphatic heterocycles. The third kappa shape index (κ3) is 5.03. The number of halogens is 2. The van der Waals surface area contributed by atoms with Crippen molar-refractivity contribution in [1.82, 2.24) is 15.3 Å². The van der Waals surface area contributed by atoms with Gasteiger partial charge in [-0.1, -0.05) is 6.58 Å². The van der Waals surface area contributed by atoms with Gasteiger partial charge in [0.15, 0.2) is 0 Å². The van der Waals surface area contributed by atoms with Crippen LogP contribution in [0.5, 0.6) is 0 Å². The Kier molecular flexibility index (Phi) is 6.07. The van der Waals surface area contributed by atoms with Gasteiger partial charge in [0.1, 0.15) is 23.0 Å². The summed E-state index contributed by atoms with van der Waals surface area (Å²) in [5, 5.41) is 3.32. The third-order valence-electron chi connectivity index (χ3n) is 4.95. The molecule has 1 saturated heterocycles. The molecule has 1 atom stereocenters. The Balaban J connectivity index is 0.00000240. The predicted octanol–water partition coefficient (Wildman–Crippen LogP) is 4.36. The van der Waals surface area contributed by atoms with E-state index >= 15 is 0 Å². The van der Waals surface area contributed by atoms with Crippen LogP contribution < -0.4 is 10.2 Å². The lowest BCUT2D eigenvalue weighted by Gasteiger charge is -2.36. The van der Waals surface area contributed by atoms with E-state index < -0.39 is 17.3 Å². The summed E-state index contributed by atoms with van der Waals surface area (Å²) in [7, 11) is 0. The number of aromatic nitrogens is 2. The summed E-state index contributed by atoms with van der Waals surface area (Å²) in [4.78, 5) is 23.7. The normalized spacial score (nSPS) is 17.3. The van der Waals surface area contributed by atoms with Crippen molar-refractivity contribution in [3.8, 4) is 0 Å². The van der Waals surface area contributed by atoms with E-state index in [-0.39, 0.29) is 20.2 Å². The molecule has 0 radical (unpaired) electrons. The van der Waals surface area contributed by atoms with E-state index in [9.17, 15) is 13.6 Å². The van der Waals surface area contributed by atoms with Crippen molar-refractivity contribution in [2.24, 2.45) is 0 Å². The summed E-state index contributed by atoms with van der Waals surface area (Å²) in [5.74, 6) is -0.558. The summed E-state index contributed by atoms with van der Waals surface area (Å²) >= 11 is 0. The van der Waals surface area contributed by atoms with Gasteiger partial charge in [-0.3, -0.25) is 9.78 Å². The smallest absolute Gasteiger partial charge is 0.213 e. The Hall–Kier alpha value is -2.67. The van der Waals surface area contributed by atoms with Crippen LogP contribution in [0.2, 0.25) is 0 Å². The topological polar surface area (TPSA) is 58.1 Å². The summed E-state index contributed by atoms with van der Waals surface area (Å²) in [6, 6.07) is 6.47. The molecular formula is C22H30F2N4O. The largest absolute Gasteiger partial charge is 0.354 e. The molecule has 5 nitrogen and oxygen atoms in total. The number of nitrogens with zero attached hydrogens (tertiary/aromatic N) is 3. The molecule has 0 bridgehead atoms. The molecule has 0 amide bonds. The molecule has 0 aliphatic carbocycles. The molecule has 0 saturated carbocycles. The highest BCUT2D eigenvalue weighted by atomic mass is 19.1. The van der Waals surface area contributed by atoms with E-state index in [0.717, 1.165) is 0 Å². The van der Waals surface area contributed by atoms with Gasteiger partial charge in [0.05, 0.1) is 0 Å². The molecule has 158 valence electrons. The van der Waals surface area contributed by atoms with Gasteiger partial charge < -0.3 is 10.2 Å². The lowest BCUT2D eigenvalue weighted by molar-refractivity contribution is 0.103. The Morgan fingerprint density at radius 2 is 2.14 bits per heavy atom. The average Bonchev–Trinajstić information content (AvgIpc) is 2.66. The van der Waals surface area contributed by atoms with Crippen LogP contribution in [0, 0.1) is 6.92 Å². The number of carbonyl (C=O) groups is 1. The first-order valence-corrected chi connectivity index (χ1v) is 9.65. The molecule has 0 spiro atoms. The number of hydrogen-bond donors (Lipinski definition) is 1. The Morgan fingerprint density at radius 1 is 1.38 bits per heavy atom. The summed E-state index contributed by atoms with van der Waals surface area (Å²) in [6.07, 6.45) is 1.96. The molecule has 7 heteroatoms. The zero-order chi connectivity index (χ0) is 21.2. The van der Waals surface area contributed by atoms with E-state index in [2.05, 4.69) is 21.9 Å². The van der Waals surface area contributed by atoms with Gasteiger partial charge in [-0.2, -0.15) is 0 Å². The van der Waals surface area contributed by atoms with Crippen molar-refractivity contribution in [2.45, 2.75) is 38.9 Å². The monoisotopic (exact) mass is 404 g/mol. The minimum absolute atomic E-state index is 0. The van der Waals surface area contributed by atoms with Gasteiger partial charge in [-0.05, 0) is 51.5 Å². The van der Waals surface area contributed by atoms with Crippen molar-refractivity contribution in [2.75, 3.05) is 24.5 Å². The maximum absolute atomic E-state index is 14.1. The number of hydrogen-bond acceptors (Lipinski definition) is 5. The zero-order valence-corrected chi connectivity index (χ0v) is 17.0. The van der Waals surface area contributed by atoms with Gasteiger partial charge >= 0.3 is 0 Å². The summed E-state index contributed by atoms with van der Waals surface area (Å²) in [6.45, 7) is 10.1. The standard InChI is InChI=1S/C22H26F2N4O.2H2/c1-14(23)17-7-8-19(28-11-10-26-16(13-28)12-22(3,4)24)27-20(17)21(29)18-6-5-9-25-15(18)2;;/h5-9,16,26H,1,10-13H2,2-4H3;2*1H. The number of pyridine rings is 2. The number of piperazine rings is 1. The second kappa shape index (κ2) is 8.37. The van der Waals surface area contributed by atoms with Crippen LogP contribution in [0.4, 0.5) is 14.6 Å². The number of aryl methyl sites for hydroxylation is 1. The molecular weight excluding hydrogens is 374 g/mol. The van der Waals surface area contributed by atoms with Crippen LogP contribution in [0.1, 0.15) is 50.4 Å². The highest BCUT2D eigenvalue weighted by Gasteiger charge is 2.28. The summed E-state index contributed by atoms with van der Waals surface area (Å²) in [5.41, 5.74) is -0.293. The minimum Gasteiger partial charge on any atom is -0.354 e. The molecule has 3 heterocycles. The molecule has 29 heavy (non-hydrogen) atoms. The molecule has 1 aliphatic rings. The Bertz CT molecular complexity index is 934. The number of nitrogens with one attached hydrogen (secondary N) is 1. The predicted molar refractivity (Wildman–Crippen MR) is 115 cm³/mol. The van der Waals surface area contributed by atoms with Crippen molar-refractivity contribution >= 4 is 17.4 Å². The van der Waals surface area contributed by atoms with Crippen LogP contribution in [0.3, 0.4) is 0 Å². The number of anilines is 1. The first-order chi connectivity index (χ1) is 13.7. The fraction of sp³-hybridized carbons (Fsp3) is 0.409. The number of carbonyl (C=O) groups excluding carboxylic acids is 1. The molecule has 2 aromatic rings. The minimum atomic E-state index is -1.29. The molecule has 1 fully saturated rings. The number of ketones is 1. The second-order valence-corrected chi connectivity index (χ2v) is 7.96. The lowest BCUT2D eigenvalue weighted by Crippen LogP contribution is -2.52. The Morgan fingerprint density at radius 3 is 2.79 bits per heavy atom. The highest BCUT2D eigenvalue weighted by molar-refractivity contribution is 6.10. The highest BCUT2D eigenvalue weighted by Crippen LogP contribution is 2.26. The fourth-order valence-electron chi connectivity index (χ4n) is 3.62. The van der Waals surface area contributed by atoms with Crippen LogP contribution in [-0.2, 0) is 0 Å². The van der Waals surface area contributed by atoms with Gasteiger partial charge in [0.2, 0.25) is 5.78 Å². The quantitative estimate of drug-likeness (QED) is 0.725. The van der Waals surface area contributed by atoms with Crippen molar-refractivity contribution in [1.29, 1.82) is 0 Å². The maximum Gasteiger partial charge on any atom is 0.213 e. The van der Waals surface area contributed by atoms with Crippen LogP contribution in [-0.4, -0.2) is 47.1 Å². The van der Waals surface area contributed by atoms with Crippen molar-refractivity contribution < 1.29 is 16.4 Å². The first kappa shape index (κ1) is 21.0. The lowest BCUT2D eigenvalue weighted by atomic mass is 9.99. The Labute approximate surface area is 172 Å². The molecule has 3 rings (SSSR count). The first-order valence-electron chi connectivity index (χ1n) is 9.65. The number of rotatable bonds is 6. The van der Waals surface area contributed by atoms with E-state index in [1.165, 1.54) is 6.07 Å². The van der Waals surface area contributed by atoms with Crippen LogP contribution in [0.15, 0.2) is 37.0 Å². The second-order valence-electron chi connectivity index (χ2n) is 7.96. The van der Waals surface area contributed by atoms with Crippen LogP contribution in [0.25, 0.3) is 5.83 Å². The van der Waals surface area contributed by atoms with Crippen molar-refractivity contribution in [3.63, 3.8) is 0 Å². The van der Waals surface area contributed by atoms with Crippen molar-refractivity contribution in [3.05, 3.63) is 59.6 Å². The number of alkyl halides is 1. The molecule has 1 unspecified atom stereocenters. The maximum atomic E-state index is 14.1. The SMILES string of the molecule is C=C(F)c1ccc(N2CCNC(CC(C)(C)F)C2)nc1C(=O)c1cccnc1C.[HH].[HH]. The third-order valence-corrected chi connectivity index (χ3v) is 4.95. The molecule has 2 aromatic heterocycles. The fourth-order valence-corrected chi connectivity index (χ4v) is 3.62. The van der Waals surface area contributed by atoms with Gasteiger partial charge in [0.25, 0.3) is 0 Å². The van der Waals surface area contributed by atoms with Gasteiger partial charge in [-0.25, -0.2) is 13.8 Å². The van der Waals surface area contributed by atoms with Crippen LogP contribution >= 0.6 is 0 Å². The van der Waals surface area contributed by atoms with Gasteiger partial charge in [-0.15, -0.1) is 0 Å². The average molecular weight is 405 g/mol. The summed E-state index contributed by atoms with van der Waals surface area (Å²) < 4.78 is 28.1. The molecule has 1 N–H and O–H groups in total. The zero-order valence-electron chi connectivity index (χ0n) is 17.0. The van der Waals surface area contributed by atoms with E-state index in [0.29, 0.717) is 43.1 Å². The van der Waals surface area contributed by atoms with E-state index in [4.69, 9.17) is 0 Å². The van der Waals surface area contributed by atoms with E-state index in [1.54, 1.807) is 45.2 Å².